The minimum Gasteiger partial charge on any atom is -0.481 e. The molecule has 1 aromatic rings. The van der Waals surface area contributed by atoms with Crippen molar-refractivity contribution in [1.29, 1.82) is 0 Å². The van der Waals surface area contributed by atoms with Crippen LogP contribution in [-0.2, 0) is 16.9 Å². The predicted molar refractivity (Wildman–Crippen MR) is 64.2 cm³/mol. The molecule has 1 aromatic carbocycles. The lowest BCUT2D eigenvalue weighted by Crippen LogP contribution is -2.21. The van der Waals surface area contributed by atoms with Crippen LogP contribution < -0.4 is 0 Å². The maximum atomic E-state index is 12.5. The number of rotatable bonds is 4. The molecule has 0 unspecified atom stereocenters. The van der Waals surface area contributed by atoms with Gasteiger partial charge in [-0.2, -0.15) is 0 Å². The molecular formula is C12H14BrFO2. The minimum absolute atomic E-state index is 0.0500. The Balaban J connectivity index is 3.04. The molecule has 0 amide bonds. The molecule has 0 atom stereocenters. The van der Waals surface area contributed by atoms with Crippen LogP contribution >= 0.6 is 15.9 Å². The van der Waals surface area contributed by atoms with Crippen molar-refractivity contribution in [2.24, 2.45) is 0 Å². The lowest BCUT2D eigenvalue weighted by molar-refractivity contribution is -0.138. The first-order chi connectivity index (χ1) is 7.36. The number of hydrogen-bond acceptors (Lipinski definition) is 1. The van der Waals surface area contributed by atoms with E-state index in [0.717, 1.165) is 5.56 Å². The molecule has 0 aliphatic heterocycles. The second kappa shape index (κ2) is 4.95. The Morgan fingerprint density at radius 3 is 2.56 bits per heavy atom. The van der Waals surface area contributed by atoms with E-state index in [1.165, 1.54) is 0 Å². The number of carboxylic acid groups (broad SMARTS) is 1. The maximum Gasteiger partial charge on any atom is 0.304 e. The van der Waals surface area contributed by atoms with E-state index in [2.05, 4.69) is 15.9 Å². The molecular weight excluding hydrogens is 275 g/mol. The predicted octanol–water partition coefficient (Wildman–Crippen LogP) is 3.67. The normalized spacial score (nSPS) is 11.5. The van der Waals surface area contributed by atoms with Crippen molar-refractivity contribution in [2.75, 3.05) is 0 Å². The number of alkyl halides is 1. The zero-order chi connectivity index (χ0) is 12.3. The van der Waals surface area contributed by atoms with Crippen LogP contribution in [0.4, 0.5) is 4.39 Å². The molecule has 0 radical (unpaired) electrons. The van der Waals surface area contributed by atoms with Crippen LogP contribution in [0.25, 0.3) is 0 Å². The third kappa shape index (κ3) is 3.04. The monoisotopic (exact) mass is 288 g/mol. The van der Waals surface area contributed by atoms with E-state index in [4.69, 9.17) is 5.11 Å². The van der Waals surface area contributed by atoms with Crippen molar-refractivity contribution in [2.45, 2.75) is 32.4 Å². The van der Waals surface area contributed by atoms with Gasteiger partial charge in [-0.1, -0.05) is 41.9 Å². The molecule has 4 heteroatoms. The number of aliphatic carboxylic acids is 1. The van der Waals surface area contributed by atoms with Gasteiger partial charge in [-0.05, 0) is 17.2 Å². The molecule has 16 heavy (non-hydrogen) atoms. The van der Waals surface area contributed by atoms with E-state index in [1.54, 1.807) is 18.2 Å². The summed E-state index contributed by atoms with van der Waals surface area (Å²) in [6.45, 7) is 3.19. The fraction of sp³-hybridized carbons (Fsp3) is 0.417. The molecule has 2 nitrogen and oxygen atoms in total. The number of halogens is 2. The quantitative estimate of drug-likeness (QED) is 0.918. The van der Waals surface area contributed by atoms with E-state index in [9.17, 15) is 9.18 Å². The van der Waals surface area contributed by atoms with Gasteiger partial charge < -0.3 is 5.11 Å². The molecule has 0 aliphatic rings. The van der Waals surface area contributed by atoms with E-state index in [-0.39, 0.29) is 6.42 Å². The van der Waals surface area contributed by atoms with Crippen molar-refractivity contribution < 1.29 is 14.3 Å². The van der Waals surface area contributed by atoms with Gasteiger partial charge in [-0.25, -0.2) is 4.39 Å². The Hall–Kier alpha value is -0.900. The number of hydrogen-bond donors (Lipinski definition) is 1. The summed E-state index contributed by atoms with van der Waals surface area (Å²) in [5.41, 5.74) is 1.01. The average molecular weight is 289 g/mol. The molecule has 1 rings (SSSR count). The molecule has 0 spiro atoms. The number of benzene rings is 1. The van der Waals surface area contributed by atoms with Crippen molar-refractivity contribution in [3.8, 4) is 0 Å². The Morgan fingerprint density at radius 2 is 2.12 bits per heavy atom. The van der Waals surface area contributed by atoms with E-state index in [1.807, 2.05) is 13.8 Å². The van der Waals surface area contributed by atoms with Crippen molar-refractivity contribution in [3.63, 3.8) is 0 Å². The first-order valence-electron chi connectivity index (χ1n) is 4.93. The summed E-state index contributed by atoms with van der Waals surface area (Å²) in [6, 6.07) is 5.25. The fourth-order valence-electron chi connectivity index (χ4n) is 1.56. The standard InChI is InChI=1S/C12H14BrFO2/c1-12(2,6-11(15)16)9-4-3-8(7-14)10(13)5-9/h3-5H,6-7H2,1-2H3,(H,15,16). The third-order valence-electron chi connectivity index (χ3n) is 2.57. The largest absolute Gasteiger partial charge is 0.481 e. The van der Waals surface area contributed by atoms with E-state index < -0.39 is 18.1 Å². The molecule has 0 aliphatic carbocycles. The van der Waals surface area contributed by atoms with E-state index in [0.29, 0.717) is 10.0 Å². The minimum atomic E-state index is -0.837. The van der Waals surface area contributed by atoms with Gasteiger partial charge in [-0.15, -0.1) is 0 Å². The summed E-state index contributed by atoms with van der Waals surface area (Å²) in [4.78, 5) is 10.7. The van der Waals surface area contributed by atoms with Crippen LogP contribution in [0.2, 0.25) is 0 Å². The fourth-order valence-corrected chi connectivity index (χ4v) is 2.04. The van der Waals surface area contributed by atoms with Crippen LogP contribution in [0.1, 0.15) is 31.4 Å². The highest BCUT2D eigenvalue weighted by molar-refractivity contribution is 9.10. The second-order valence-electron chi connectivity index (χ2n) is 4.39. The lowest BCUT2D eigenvalue weighted by atomic mass is 9.81. The van der Waals surface area contributed by atoms with Gasteiger partial charge in [0.25, 0.3) is 0 Å². The van der Waals surface area contributed by atoms with Gasteiger partial charge in [0.2, 0.25) is 0 Å². The summed E-state index contributed by atoms with van der Waals surface area (Å²) in [6.07, 6.45) is 0.0500. The number of carbonyl (C=O) groups is 1. The lowest BCUT2D eigenvalue weighted by Gasteiger charge is -2.23. The molecule has 0 aromatic heterocycles. The van der Waals surface area contributed by atoms with E-state index >= 15 is 0 Å². The maximum absolute atomic E-state index is 12.5. The Labute approximate surface area is 103 Å². The van der Waals surface area contributed by atoms with Gasteiger partial charge in [-0.3, -0.25) is 4.79 Å². The Bertz CT molecular complexity index is 402. The molecule has 0 saturated carbocycles. The van der Waals surface area contributed by atoms with Crippen LogP contribution in [0, 0.1) is 0 Å². The smallest absolute Gasteiger partial charge is 0.304 e. The molecule has 0 fully saturated rings. The van der Waals surface area contributed by atoms with Gasteiger partial charge in [0.1, 0.15) is 6.67 Å². The number of carboxylic acids is 1. The zero-order valence-corrected chi connectivity index (χ0v) is 10.8. The Morgan fingerprint density at radius 1 is 1.50 bits per heavy atom. The second-order valence-corrected chi connectivity index (χ2v) is 5.25. The highest BCUT2D eigenvalue weighted by atomic mass is 79.9. The molecule has 1 N–H and O–H groups in total. The van der Waals surface area contributed by atoms with Crippen molar-refractivity contribution in [3.05, 3.63) is 33.8 Å². The SMILES string of the molecule is CC(C)(CC(=O)O)c1ccc(CF)c(Br)c1. The van der Waals surface area contributed by atoms with Crippen molar-refractivity contribution >= 4 is 21.9 Å². The highest BCUT2D eigenvalue weighted by Gasteiger charge is 2.24. The van der Waals surface area contributed by atoms with Crippen LogP contribution in [-0.4, -0.2) is 11.1 Å². The third-order valence-corrected chi connectivity index (χ3v) is 3.31. The topological polar surface area (TPSA) is 37.3 Å². The molecule has 0 bridgehead atoms. The van der Waals surface area contributed by atoms with Gasteiger partial charge in [0.15, 0.2) is 0 Å². The van der Waals surface area contributed by atoms with Crippen LogP contribution in [0.15, 0.2) is 22.7 Å². The van der Waals surface area contributed by atoms with Crippen LogP contribution in [0.5, 0.6) is 0 Å². The molecule has 0 heterocycles. The average Bonchev–Trinajstić information content (AvgIpc) is 2.15. The Kier molecular flexibility index (Phi) is 4.08. The van der Waals surface area contributed by atoms with Gasteiger partial charge in [0, 0.05) is 9.89 Å². The van der Waals surface area contributed by atoms with Gasteiger partial charge in [0.05, 0.1) is 6.42 Å². The highest BCUT2D eigenvalue weighted by Crippen LogP contribution is 2.30. The van der Waals surface area contributed by atoms with Gasteiger partial charge >= 0.3 is 5.97 Å². The first-order valence-corrected chi connectivity index (χ1v) is 5.73. The summed E-state index contributed by atoms with van der Waals surface area (Å²) in [7, 11) is 0. The van der Waals surface area contributed by atoms with Crippen LogP contribution in [0.3, 0.4) is 0 Å². The first kappa shape index (κ1) is 13.2. The summed E-state index contributed by atoms with van der Waals surface area (Å²) < 4.78 is 13.2. The zero-order valence-electron chi connectivity index (χ0n) is 9.26. The summed E-state index contributed by atoms with van der Waals surface area (Å²) >= 11 is 3.28. The molecule has 0 saturated heterocycles. The van der Waals surface area contributed by atoms with Crippen molar-refractivity contribution in [1.82, 2.24) is 0 Å². The summed E-state index contributed by atoms with van der Waals surface area (Å²) in [5, 5.41) is 8.81. The summed E-state index contributed by atoms with van der Waals surface area (Å²) in [5.74, 6) is -0.837. The molecule has 88 valence electrons.